The number of anilines is 2. The van der Waals surface area contributed by atoms with Crippen LogP contribution in [0.4, 0.5) is 11.8 Å². The van der Waals surface area contributed by atoms with Gasteiger partial charge < -0.3 is 16.2 Å². The first-order valence-corrected chi connectivity index (χ1v) is 8.24. The minimum absolute atomic E-state index is 0.0461. The summed E-state index contributed by atoms with van der Waals surface area (Å²) >= 11 is 12.1. The molecule has 3 aromatic rings. The van der Waals surface area contributed by atoms with Crippen LogP contribution in [0.15, 0.2) is 42.5 Å². The van der Waals surface area contributed by atoms with Crippen molar-refractivity contribution in [2.75, 3.05) is 11.5 Å². The number of ether oxygens (including phenoxy) is 1. The van der Waals surface area contributed by atoms with Crippen molar-refractivity contribution in [3.05, 3.63) is 63.8 Å². The summed E-state index contributed by atoms with van der Waals surface area (Å²) in [6, 6.07) is 13.9. The standard InChI is InChI=1S/C18H13Cl2N5O/c19-13-6-3-11(7-14(13)20)16-15(24-18(23)25-17(16)22)9-26-12-4-1-10(8-21)2-5-12/h1-7H,9H2,(H4,22,23,24,25). The fourth-order valence-electron chi connectivity index (χ4n) is 2.39. The summed E-state index contributed by atoms with van der Waals surface area (Å²) < 4.78 is 5.75. The molecule has 0 fully saturated rings. The number of benzene rings is 2. The second kappa shape index (κ2) is 7.48. The summed E-state index contributed by atoms with van der Waals surface area (Å²) in [5.41, 5.74) is 14.1. The lowest BCUT2D eigenvalue weighted by Crippen LogP contribution is -2.09. The summed E-state index contributed by atoms with van der Waals surface area (Å²) in [5, 5.41) is 9.67. The Hall–Kier alpha value is -3.01. The van der Waals surface area contributed by atoms with Gasteiger partial charge in [0.15, 0.2) is 0 Å². The van der Waals surface area contributed by atoms with Crippen molar-refractivity contribution in [3.8, 4) is 22.9 Å². The van der Waals surface area contributed by atoms with Crippen LogP contribution in [0.3, 0.4) is 0 Å². The zero-order valence-electron chi connectivity index (χ0n) is 13.4. The zero-order chi connectivity index (χ0) is 18.7. The smallest absolute Gasteiger partial charge is 0.222 e. The molecule has 1 aromatic heterocycles. The van der Waals surface area contributed by atoms with Gasteiger partial charge in [0.25, 0.3) is 0 Å². The van der Waals surface area contributed by atoms with Crippen molar-refractivity contribution in [1.29, 1.82) is 5.26 Å². The third-order valence-corrected chi connectivity index (χ3v) is 4.34. The lowest BCUT2D eigenvalue weighted by atomic mass is 10.0. The van der Waals surface area contributed by atoms with Crippen LogP contribution in [0.5, 0.6) is 5.75 Å². The third-order valence-electron chi connectivity index (χ3n) is 3.60. The highest BCUT2D eigenvalue weighted by molar-refractivity contribution is 6.42. The lowest BCUT2D eigenvalue weighted by molar-refractivity contribution is 0.302. The first-order valence-electron chi connectivity index (χ1n) is 7.48. The van der Waals surface area contributed by atoms with Crippen LogP contribution in [0, 0.1) is 11.3 Å². The Balaban J connectivity index is 1.95. The molecule has 3 rings (SSSR count). The molecule has 0 spiro atoms. The first-order chi connectivity index (χ1) is 12.5. The van der Waals surface area contributed by atoms with Crippen molar-refractivity contribution in [3.63, 3.8) is 0 Å². The van der Waals surface area contributed by atoms with E-state index >= 15 is 0 Å². The number of rotatable bonds is 4. The maximum absolute atomic E-state index is 8.85. The molecular weight excluding hydrogens is 373 g/mol. The Kier molecular flexibility index (Phi) is 5.12. The van der Waals surface area contributed by atoms with E-state index in [4.69, 9.17) is 44.7 Å². The lowest BCUT2D eigenvalue weighted by Gasteiger charge is -2.13. The predicted molar refractivity (Wildman–Crippen MR) is 102 cm³/mol. The molecule has 2 aromatic carbocycles. The molecule has 130 valence electrons. The molecule has 6 nitrogen and oxygen atoms in total. The molecule has 0 bridgehead atoms. The van der Waals surface area contributed by atoms with E-state index in [-0.39, 0.29) is 18.4 Å². The van der Waals surface area contributed by atoms with Gasteiger partial charge in [-0.1, -0.05) is 29.3 Å². The van der Waals surface area contributed by atoms with Crippen LogP contribution in [0.2, 0.25) is 10.0 Å². The predicted octanol–water partition coefficient (Wildman–Crippen LogP) is 4.07. The quantitative estimate of drug-likeness (QED) is 0.699. The molecule has 0 atom stereocenters. The Morgan fingerprint density at radius 2 is 1.73 bits per heavy atom. The fraction of sp³-hybridized carbons (Fsp3) is 0.0556. The van der Waals surface area contributed by atoms with Gasteiger partial charge in [-0.25, -0.2) is 4.98 Å². The van der Waals surface area contributed by atoms with E-state index in [9.17, 15) is 0 Å². The van der Waals surface area contributed by atoms with Crippen LogP contribution < -0.4 is 16.2 Å². The molecule has 0 saturated carbocycles. The van der Waals surface area contributed by atoms with E-state index in [1.807, 2.05) is 0 Å². The number of hydrogen-bond acceptors (Lipinski definition) is 6. The molecule has 4 N–H and O–H groups in total. The number of hydrogen-bond donors (Lipinski definition) is 2. The third kappa shape index (κ3) is 3.80. The van der Waals surface area contributed by atoms with E-state index in [0.29, 0.717) is 38.2 Å². The summed E-state index contributed by atoms with van der Waals surface area (Å²) in [6.07, 6.45) is 0. The van der Waals surface area contributed by atoms with Gasteiger partial charge in [0.2, 0.25) is 5.95 Å². The highest BCUT2D eigenvalue weighted by Crippen LogP contribution is 2.33. The molecule has 0 aliphatic carbocycles. The van der Waals surface area contributed by atoms with E-state index in [1.54, 1.807) is 42.5 Å². The van der Waals surface area contributed by atoms with Crippen molar-refractivity contribution in [1.82, 2.24) is 9.97 Å². The van der Waals surface area contributed by atoms with Crippen molar-refractivity contribution < 1.29 is 4.74 Å². The fourth-order valence-corrected chi connectivity index (χ4v) is 2.69. The van der Waals surface area contributed by atoms with Gasteiger partial charge in [-0.15, -0.1) is 0 Å². The minimum Gasteiger partial charge on any atom is -0.487 e. The SMILES string of the molecule is N#Cc1ccc(OCc2nc(N)nc(N)c2-c2ccc(Cl)c(Cl)c2)cc1. The molecule has 0 saturated heterocycles. The van der Waals surface area contributed by atoms with E-state index in [2.05, 4.69) is 16.0 Å². The number of nitrogens with zero attached hydrogens (tertiary/aromatic N) is 3. The average Bonchev–Trinajstić information content (AvgIpc) is 2.62. The van der Waals surface area contributed by atoms with Crippen molar-refractivity contribution >= 4 is 35.0 Å². The van der Waals surface area contributed by atoms with Gasteiger partial charge in [-0.05, 0) is 42.0 Å². The Bertz CT molecular complexity index is 1000. The second-order valence-corrected chi connectivity index (χ2v) is 6.16. The normalized spacial score (nSPS) is 10.3. The number of nitriles is 1. The molecule has 0 amide bonds. The van der Waals surface area contributed by atoms with Crippen LogP contribution in [-0.4, -0.2) is 9.97 Å². The highest BCUT2D eigenvalue weighted by Gasteiger charge is 2.15. The molecule has 0 unspecified atom stereocenters. The van der Waals surface area contributed by atoms with E-state index in [0.717, 1.165) is 0 Å². The van der Waals surface area contributed by atoms with Gasteiger partial charge in [0.1, 0.15) is 18.2 Å². The molecule has 0 aliphatic rings. The summed E-state index contributed by atoms with van der Waals surface area (Å²) in [6.45, 7) is 0.110. The highest BCUT2D eigenvalue weighted by atomic mass is 35.5. The minimum atomic E-state index is 0.0461. The maximum Gasteiger partial charge on any atom is 0.222 e. The first kappa shape index (κ1) is 17.8. The Morgan fingerprint density at radius 3 is 2.38 bits per heavy atom. The van der Waals surface area contributed by atoms with Crippen LogP contribution in [-0.2, 0) is 6.61 Å². The van der Waals surface area contributed by atoms with Gasteiger partial charge in [-0.2, -0.15) is 10.2 Å². The average molecular weight is 386 g/mol. The largest absolute Gasteiger partial charge is 0.487 e. The summed E-state index contributed by atoms with van der Waals surface area (Å²) in [7, 11) is 0. The maximum atomic E-state index is 8.85. The monoisotopic (exact) mass is 385 g/mol. The van der Waals surface area contributed by atoms with Crippen molar-refractivity contribution in [2.24, 2.45) is 0 Å². The van der Waals surface area contributed by atoms with E-state index in [1.165, 1.54) is 0 Å². The van der Waals surface area contributed by atoms with Gasteiger partial charge >= 0.3 is 0 Å². The van der Waals surface area contributed by atoms with Gasteiger partial charge in [0, 0.05) is 5.56 Å². The molecule has 1 heterocycles. The molecule has 0 aliphatic heterocycles. The second-order valence-electron chi connectivity index (χ2n) is 5.34. The molecule has 0 radical (unpaired) electrons. The Labute approximate surface area is 160 Å². The molecule has 26 heavy (non-hydrogen) atoms. The van der Waals surface area contributed by atoms with Gasteiger partial charge in [-0.3, -0.25) is 0 Å². The van der Waals surface area contributed by atoms with Crippen LogP contribution >= 0.6 is 23.2 Å². The van der Waals surface area contributed by atoms with E-state index < -0.39 is 0 Å². The van der Waals surface area contributed by atoms with Crippen molar-refractivity contribution in [2.45, 2.75) is 6.61 Å². The van der Waals surface area contributed by atoms with Crippen LogP contribution in [0.25, 0.3) is 11.1 Å². The number of aromatic nitrogens is 2. The topological polar surface area (TPSA) is 111 Å². The van der Waals surface area contributed by atoms with Crippen LogP contribution in [0.1, 0.15) is 11.3 Å². The zero-order valence-corrected chi connectivity index (χ0v) is 14.9. The number of nitrogen functional groups attached to an aromatic ring is 2. The molecule has 8 heteroatoms. The summed E-state index contributed by atoms with van der Waals surface area (Å²) in [5.74, 6) is 0.846. The molecular formula is C18H13Cl2N5O. The number of halogens is 2. The summed E-state index contributed by atoms with van der Waals surface area (Å²) in [4.78, 5) is 8.26. The number of nitrogens with two attached hydrogens (primary N) is 2. The van der Waals surface area contributed by atoms with Gasteiger partial charge in [0.05, 0.1) is 27.4 Å². The Morgan fingerprint density at radius 1 is 1.00 bits per heavy atom.